The van der Waals surface area contributed by atoms with Crippen LogP contribution in [0.2, 0.25) is 0 Å². The van der Waals surface area contributed by atoms with Gasteiger partial charge >= 0.3 is 5.97 Å². The number of hydrogen-bond acceptors (Lipinski definition) is 3. The van der Waals surface area contributed by atoms with Crippen LogP contribution in [0.4, 0.5) is 5.69 Å². The molecule has 3 spiro atoms. The molecule has 27 heavy (non-hydrogen) atoms. The van der Waals surface area contributed by atoms with Crippen LogP contribution in [-0.2, 0) is 14.9 Å². The number of nitrogens with one attached hydrogen (secondary N) is 1. The van der Waals surface area contributed by atoms with Crippen LogP contribution in [0.25, 0.3) is 0 Å². The average molecular weight is 368 g/mol. The first-order valence-electron chi connectivity index (χ1n) is 10.8. The Morgan fingerprint density at radius 2 is 2.11 bits per heavy atom. The molecule has 2 aliphatic carbocycles. The Hall–Kier alpha value is -1.55. The van der Waals surface area contributed by atoms with Crippen LogP contribution >= 0.6 is 0 Å². The summed E-state index contributed by atoms with van der Waals surface area (Å²) in [5.41, 5.74) is 2.94. The highest BCUT2D eigenvalue weighted by molar-refractivity contribution is 5.82. The molecule has 4 fully saturated rings. The van der Waals surface area contributed by atoms with Gasteiger partial charge in [-0.3, -0.25) is 4.79 Å². The lowest BCUT2D eigenvalue weighted by atomic mass is 9.56. The van der Waals surface area contributed by atoms with Gasteiger partial charge in [0.25, 0.3) is 0 Å². The van der Waals surface area contributed by atoms with Crippen molar-refractivity contribution < 1.29 is 14.0 Å². The summed E-state index contributed by atoms with van der Waals surface area (Å²) in [6, 6.07) is 9.58. The molecule has 0 unspecified atom stereocenters. The second kappa shape index (κ2) is 4.71. The number of esters is 1. The number of piperidine rings is 1. The predicted molar refractivity (Wildman–Crippen MR) is 104 cm³/mol. The molecular weight excluding hydrogens is 336 g/mol. The van der Waals surface area contributed by atoms with Gasteiger partial charge in [-0.25, -0.2) is 0 Å². The van der Waals surface area contributed by atoms with Crippen molar-refractivity contribution in [3.8, 4) is 0 Å². The topological polar surface area (TPSA) is 38.3 Å². The predicted octanol–water partition coefficient (Wildman–Crippen LogP) is 3.32. The van der Waals surface area contributed by atoms with Crippen LogP contribution in [0.1, 0.15) is 45.1 Å². The number of quaternary nitrogens is 1. The average Bonchev–Trinajstić information content (AvgIpc) is 3.34. The molecule has 144 valence electrons. The minimum Gasteiger partial charge on any atom is -0.469 e. The van der Waals surface area contributed by atoms with E-state index in [4.69, 9.17) is 4.74 Å². The van der Waals surface area contributed by atoms with Crippen molar-refractivity contribution in [3.63, 3.8) is 0 Å². The third kappa shape index (κ3) is 1.38. The molecule has 0 amide bonds. The standard InChI is InChI=1S/C23H31N2O2/c1-4-25-12-7-10-21-14-17(19(26)27-3)23(15(21)2)22(11-13-25,20(21)25)16-8-5-6-9-18(16)24-23/h5-6,8-9,15,17,20,24H,4,7,10-14H2,1-3H3/q+1/t15-,17+,20-,21-,22+,23-,25-/m0/s1. The number of anilines is 1. The van der Waals surface area contributed by atoms with E-state index in [2.05, 4.69) is 43.4 Å². The summed E-state index contributed by atoms with van der Waals surface area (Å²) >= 11 is 0. The lowest BCUT2D eigenvalue weighted by Gasteiger charge is -2.55. The first-order chi connectivity index (χ1) is 13.0. The highest BCUT2D eigenvalue weighted by Gasteiger charge is 2.90. The molecule has 2 bridgehead atoms. The maximum Gasteiger partial charge on any atom is 0.311 e. The molecular formula is C23H31N2O2+. The molecule has 2 saturated heterocycles. The van der Waals surface area contributed by atoms with E-state index < -0.39 is 0 Å². The van der Waals surface area contributed by atoms with Gasteiger partial charge < -0.3 is 14.5 Å². The smallest absolute Gasteiger partial charge is 0.311 e. The summed E-state index contributed by atoms with van der Waals surface area (Å²) in [6.07, 6.45) is 4.79. The fourth-order valence-corrected chi connectivity index (χ4v) is 9.47. The minimum absolute atomic E-state index is 0.00364. The summed E-state index contributed by atoms with van der Waals surface area (Å²) in [6.45, 7) is 8.66. The molecule has 1 aromatic rings. The van der Waals surface area contributed by atoms with Crippen molar-refractivity contribution in [2.24, 2.45) is 17.3 Å². The van der Waals surface area contributed by atoms with Crippen molar-refractivity contribution in [1.82, 2.24) is 0 Å². The van der Waals surface area contributed by atoms with Crippen molar-refractivity contribution in [1.29, 1.82) is 0 Å². The maximum atomic E-state index is 13.1. The van der Waals surface area contributed by atoms with Crippen LogP contribution in [0, 0.1) is 17.3 Å². The van der Waals surface area contributed by atoms with Gasteiger partial charge in [-0.1, -0.05) is 25.1 Å². The van der Waals surface area contributed by atoms with E-state index in [0.29, 0.717) is 12.0 Å². The van der Waals surface area contributed by atoms with Crippen molar-refractivity contribution in [2.45, 2.75) is 56.5 Å². The Balaban J connectivity index is 1.68. The zero-order chi connectivity index (χ0) is 18.7. The molecule has 1 aromatic carbocycles. The zero-order valence-corrected chi connectivity index (χ0v) is 16.8. The van der Waals surface area contributed by atoms with E-state index >= 15 is 0 Å². The summed E-state index contributed by atoms with van der Waals surface area (Å²) in [7, 11) is 1.57. The van der Waals surface area contributed by atoms with Gasteiger partial charge in [0.05, 0.1) is 43.6 Å². The highest BCUT2D eigenvalue weighted by atomic mass is 16.5. The molecule has 4 heteroatoms. The van der Waals surface area contributed by atoms with Crippen LogP contribution in [-0.4, -0.2) is 48.8 Å². The Labute approximate surface area is 161 Å². The fourth-order valence-electron chi connectivity index (χ4n) is 9.47. The van der Waals surface area contributed by atoms with E-state index in [1.54, 1.807) is 7.11 Å². The van der Waals surface area contributed by atoms with Crippen LogP contribution in [0.5, 0.6) is 0 Å². The summed E-state index contributed by atoms with van der Waals surface area (Å²) in [5, 5.41) is 4.02. The number of ether oxygens (including phenoxy) is 1. The number of carbonyl (C=O) groups is 1. The molecule has 3 heterocycles. The first kappa shape index (κ1) is 16.4. The Morgan fingerprint density at radius 1 is 1.30 bits per heavy atom. The molecule has 5 aliphatic rings. The number of hydrogen-bond donors (Lipinski definition) is 1. The van der Waals surface area contributed by atoms with E-state index in [1.807, 2.05) is 0 Å². The van der Waals surface area contributed by atoms with E-state index in [1.165, 1.54) is 54.6 Å². The molecule has 0 aromatic heterocycles. The van der Waals surface area contributed by atoms with Crippen molar-refractivity contribution in [2.75, 3.05) is 32.1 Å². The first-order valence-corrected chi connectivity index (χ1v) is 10.8. The molecule has 3 aliphatic heterocycles. The van der Waals surface area contributed by atoms with E-state index in [-0.39, 0.29) is 28.3 Å². The summed E-state index contributed by atoms with van der Waals surface area (Å²) in [4.78, 5) is 13.1. The fraction of sp³-hybridized carbons (Fsp3) is 0.696. The van der Waals surface area contributed by atoms with Gasteiger partial charge in [0.15, 0.2) is 0 Å². The lowest BCUT2D eigenvalue weighted by Crippen LogP contribution is -2.68. The number of likely N-dealkylation sites (N-methyl/N-ethyl adjacent to an activating group) is 1. The number of para-hydroxylation sites is 1. The van der Waals surface area contributed by atoms with E-state index in [9.17, 15) is 4.79 Å². The second-order valence-electron chi connectivity index (χ2n) is 9.98. The SMILES string of the molecule is CC[N@+]12CCC[C@@]34C[C@H](C(=O)OC)[C@@]5(Nc6ccccc6[C@]5(CC1)[C@H]32)[C@H]4C. The summed E-state index contributed by atoms with van der Waals surface area (Å²) < 4.78 is 6.66. The minimum atomic E-state index is -0.173. The van der Waals surface area contributed by atoms with Gasteiger partial charge in [0.2, 0.25) is 0 Å². The molecule has 6 rings (SSSR count). The van der Waals surface area contributed by atoms with E-state index in [0.717, 1.165) is 6.42 Å². The van der Waals surface area contributed by atoms with Gasteiger partial charge in [0, 0.05) is 17.5 Å². The normalized spacial score (nSPS) is 50.7. The number of fused-ring (bicyclic) bond motifs is 1. The number of methoxy groups -OCH3 is 1. The second-order valence-corrected chi connectivity index (χ2v) is 9.98. The Kier molecular flexibility index (Phi) is 2.86. The zero-order valence-electron chi connectivity index (χ0n) is 16.8. The Morgan fingerprint density at radius 3 is 2.89 bits per heavy atom. The maximum absolute atomic E-state index is 13.1. The number of benzene rings is 1. The third-order valence-corrected chi connectivity index (χ3v) is 10.0. The van der Waals surface area contributed by atoms with Gasteiger partial charge in [-0.15, -0.1) is 0 Å². The number of rotatable bonds is 2. The van der Waals surface area contributed by atoms with Gasteiger partial charge in [-0.05, 0) is 43.7 Å². The largest absolute Gasteiger partial charge is 0.469 e. The van der Waals surface area contributed by atoms with Crippen LogP contribution in [0.15, 0.2) is 24.3 Å². The molecule has 4 nitrogen and oxygen atoms in total. The highest BCUT2D eigenvalue weighted by Crippen LogP contribution is 2.81. The van der Waals surface area contributed by atoms with Crippen molar-refractivity contribution in [3.05, 3.63) is 29.8 Å². The third-order valence-electron chi connectivity index (χ3n) is 10.0. The quantitative estimate of drug-likeness (QED) is 0.644. The summed E-state index contributed by atoms with van der Waals surface area (Å²) in [5.74, 6) is 0.469. The number of carbonyl (C=O) groups excluding carboxylic acids is 1. The Bertz CT molecular complexity index is 855. The van der Waals surface area contributed by atoms with Crippen LogP contribution in [0.3, 0.4) is 0 Å². The van der Waals surface area contributed by atoms with Crippen molar-refractivity contribution >= 4 is 11.7 Å². The monoisotopic (exact) mass is 367 g/mol. The molecule has 2 saturated carbocycles. The van der Waals surface area contributed by atoms with Gasteiger partial charge in [-0.2, -0.15) is 0 Å². The molecule has 0 radical (unpaired) electrons. The van der Waals surface area contributed by atoms with Gasteiger partial charge in [0.1, 0.15) is 6.04 Å². The molecule has 7 atom stereocenters. The van der Waals surface area contributed by atoms with Crippen LogP contribution < -0.4 is 5.32 Å². The molecule has 1 N–H and O–H groups in total. The number of nitrogens with zero attached hydrogens (tertiary/aromatic N) is 1. The lowest BCUT2D eigenvalue weighted by molar-refractivity contribution is -0.952.